The summed E-state index contributed by atoms with van der Waals surface area (Å²) in [6.45, 7) is 6.34. The maximum atomic E-state index is 4.32. The predicted octanol–water partition coefficient (Wildman–Crippen LogP) is 2.56. The molecule has 2 unspecified atom stereocenters. The maximum absolute atomic E-state index is 4.32. The summed E-state index contributed by atoms with van der Waals surface area (Å²) in [6, 6.07) is 0.501. The SMILES string of the molecule is CCC(C)NC1C=CC(C#Cc2csc(C)n2)=CN1. The smallest absolute Gasteiger partial charge is 0.124 e. The fourth-order valence-corrected chi connectivity index (χ4v) is 2.19. The number of thiazole rings is 1. The molecule has 2 atom stereocenters. The predicted molar refractivity (Wildman–Crippen MR) is 80.8 cm³/mol. The number of nitrogens with one attached hydrogen (secondary N) is 2. The van der Waals surface area contributed by atoms with Gasteiger partial charge in [-0.2, -0.15) is 0 Å². The van der Waals surface area contributed by atoms with Gasteiger partial charge in [-0.15, -0.1) is 11.3 Å². The summed E-state index contributed by atoms with van der Waals surface area (Å²) in [5.41, 5.74) is 1.82. The fourth-order valence-electron chi connectivity index (χ4n) is 1.65. The highest BCUT2D eigenvalue weighted by atomic mass is 32.1. The topological polar surface area (TPSA) is 37.0 Å². The molecular formula is C15H19N3S. The van der Waals surface area contributed by atoms with Crippen molar-refractivity contribution in [2.75, 3.05) is 0 Å². The summed E-state index contributed by atoms with van der Waals surface area (Å²) in [6.07, 6.45) is 7.41. The lowest BCUT2D eigenvalue weighted by Crippen LogP contribution is -2.43. The van der Waals surface area contributed by atoms with Gasteiger partial charge in [-0.1, -0.05) is 12.8 Å². The van der Waals surface area contributed by atoms with E-state index >= 15 is 0 Å². The first-order valence-corrected chi connectivity index (χ1v) is 7.40. The molecule has 1 aromatic rings. The molecule has 0 amide bonds. The molecule has 19 heavy (non-hydrogen) atoms. The Bertz CT molecular complexity index is 545. The minimum atomic E-state index is 0.196. The molecule has 2 heterocycles. The molecule has 0 saturated carbocycles. The number of dihydropyridines is 1. The summed E-state index contributed by atoms with van der Waals surface area (Å²) < 4.78 is 0. The number of nitrogens with zero attached hydrogens (tertiary/aromatic N) is 1. The van der Waals surface area contributed by atoms with Crippen molar-refractivity contribution in [3.05, 3.63) is 40.0 Å². The minimum absolute atomic E-state index is 0.196. The summed E-state index contributed by atoms with van der Waals surface area (Å²) in [5.74, 6) is 6.19. The van der Waals surface area contributed by atoms with Crippen molar-refractivity contribution >= 4 is 11.3 Å². The second-order valence-corrected chi connectivity index (χ2v) is 5.64. The molecule has 1 aliphatic heterocycles. The van der Waals surface area contributed by atoms with E-state index in [0.717, 1.165) is 22.7 Å². The van der Waals surface area contributed by atoms with Crippen LogP contribution in [0.4, 0.5) is 0 Å². The van der Waals surface area contributed by atoms with Crippen molar-refractivity contribution in [1.82, 2.24) is 15.6 Å². The van der Waals surface area contributed by atoms with Crippen LogP contribution in [0.3, 0.4) is 0 Å². The highest BCUT2D eigenvalue weighted by Crippen LogP contribution is 2.07. The summed E-state index contributed by atoms with van der Waals surface area (Å²) in [5, 5.41) is 9.79. The van der Waals surface area contributed by atoms with Crippen LogP contribution in [0, 0.1) is 18.8 Å². The van der Waals surface area contributed by atoms with Crippen LogP contribution < -0.4 is 10.6 Å². The molecule has 1 aromatic heterocycles. The van der Waals surface area contributed by atoms with E-state index in [4.69, 9.17) is 0 Å². The van der Waals surface area contributed by atoms with Crippen molar-refractivity contribution in [3.63, 3.8) is 0 Å². The largest absolute Gasteiger partial charge is 0.371 e. The molecule has 0 aromatic carbocycles. The second-order valence-electron chi connectivity index (χ2n) is 4.58. The highest BCUT2D eigenvalue weighted by molar-refractivity contribution is 7.09. The Morgan fingerprint density at radius 3 is 2.95 bits per heavy atom. The third-order valence-corrected chi connectivity index (χ3v) is 3.69. The highest BCUT2D eigenvalue weighted by Gasteiger charge is 2.08. The molecule has 100 valence electrons. The van der Waals surface area contributed by atoms with E-state index in [1.807, 2.05) is 24.6 Å². The van der Waals surface area contributed by atoms with Gasteiger partial charge in [0.05, 0.1) is 11.2 Å². The van der Waals surface area contributed by atoms with Crippen LogP contribution in [0.5, 0.6) is 0 Å². The van der Waals surface area contributed by atoms with Crippen molar-refractivity contribution in [2.24, 2.45) is 0 Å². The van der Waals surface area contributed by atoms with Crippen LogP contribution in [-0.4, -0.2) is 17.2 Å². The number of aromatic nitrogens is 1. The third-order valence-electron chi connectivity index (χ3n) is 2.92. The van der Waals surface area contributed by atoms with Gasteiger partial charge in [-0.3, -0.25) is 5.32 Å². The van der Waals surface area contributed by atoms with E-state index in [-0.39, 0.29) is 6.17 Å². The minimum Gasteiger partial charge on any atom is -0.371 e. The average Bonchev–Trinajstić information content (AvgIpc) is 2.83. The molecule has 0 bridgehead atoms. The monoisotopic (exact) mass is 273 g/mol. The summed E-state index contributed by atoms with van der Waals surface area (Å²) in [7, 11) is 0. The van der Waals surface area contributed by atoms with E-state index in [2.05, 4.69) is 47.4 Å². The van der Waals surface area contributed by atoms with Crippen LogP contribution >= 0.6 is 11.3 Å². The van der Waals surface area contributed by atoms with Gasteiger partial charge < -0.3 is 5.32 Å². The Labute approximate surface area is 118 Å². The normalized spacial score (nSPS) is 19.1. The Hall–Kier alpha value is -1.57. The first kappa shape index (κ1) is 13.9. The first-order chi connectivity index (χ1) is 9.17. The molecule has 0 aliphatic carbocycles. The van der Waals surface area contributed by atoms with Gasteiger partial charge in [-0.25, -0.2) is 4.98 Å². The Morgan fingerprint density at radius 2 is 2.37 bits per heavy atom. The van der Waals surface area contributed by atoms with E-state index in [9.17, 15) is 0 Å². The van der Waals surface area contributed by atoms with Gasteiger partial charge in [0.1, 0.15) is 5.69 Å². The Kier molecular flexibility index (Phi) is 4.78. The zero-order valence-electron chi connectivity index (χ0n) is 11.5. The van der Waals surface area contributed by atoms with Crippen LogP contribution in [-0.2, 0) is 0 Å². The van der Waals surface area contributed by atoms with Crippen molar-refractivity contribution in [2.45, 2.75) is 39.4 Å². The van der Waals surface area contributed by atoms with Crippen LogP contribution in [0.15, 0.2) is 29.3 Å². The number of hydrogen-bond acceptors (Lipinski definition) is 4. The third kappa shape index (κ3) is 4.23. The number of allylic oxidation sites excluding steroid dienone is 2. The molecule has 1 aliphatic rings. The molecule has 0 saturated heterocycles. The summed E-state index contributed by atoms with van der Waals surface area (Å²) in [4.78, 5) is 4.32. The molecule has 2 rings (SSSR count). The van der Waals surface area contributed by atoms with Crippen LogP contribution in [0.2, 0.25) is 0 Å². The molecule has 0 radical (unpaired) electrons. The van der Waals surface area contributed by atoms with Gasteiger partial charge in [0.25, 0.3) is 0 Å². The summed E-state index contributed by atoms with van der Waals surface area (Å²) >= 11 is 1.62. The Balaban J connectivity index is 1.92. The fraction of sp³-hybridized carbons (Fsp3) is 0.400. The van der Waals surface area contributed by atoms with Crippen LogP contribution in [0.1, 0.15) is 31.0 Å². The maximum Gasteiger partial charge on any atom is 0.124 e. The molecular weight excluding hydrogens is 254 g/mol. The molecule has 2 N–H and O–H groups in total. The molecule has 4 heteroatoms. The van der Waals surface area contributed by atoms with Gasteiger partial charge in [-0.05, 0) is 38.3 Å². The Morgan fingerprint density at radius 1 is 1.53 bits per heavy atom. The molecule has 3 nitrogen and oxygen atoms in total. The van der Waals surface area contributed by atoms with Gasteiger partial charge in [0.15, 0.2) is 0 Å². The second kappa shape index (κ2) is 6.55. The standard InChI is InChI=1S/C15H19N3S/c1-4-11(2)17-15-8-6-13(9-16-15)5-7-14-10-19-12(3)18-14/h6,8-11,15-17H,4H2,1-3H3. The lowest BCUT2D eigenvalue weighted by molar-refractivity contribution is 0.457. The first-order valence-electron chi connectivity index (χ1n) is 6.52. The molecule has 0 fully saturated rings. The lowest BCUT2D eigenvalue weighted by Gasteiger charge is -2.22. The number of rotatable bonds is 3. The van der Waals surface area contributed by atoms with E-state index in [1.54, 1.807) is 11.3 Å². The van der Waals surface area contributed by atoms with Gasteiger partial charge >= 0.3 is 0 Å². The molecule has 0 spiro atoms. The zero-order valence-corrected chi connectivity index (χ0v) is 12.3. The zero-order chi connectivity index (χ0) is 13.7. The lowest BCUT2D eigenvalue weighted by atomic mass is 10.2. The quantitative estimate of drug-likeness (QED) is 0.831. The van der Waals surface area contributed by atoms with Crippen molar-refractivity contribution in [1.29, 1.82) is 0 Å². The van der Waals surface area contributed by atoms with E-state index in [1.165, 1.54) is 0 Å². The number of aryl methyl sites for hydroxylation is 1. The number of hydrogen-bond donors (Lipinski definition) is 2. The van der Waals surface area contributed by atoms with Gasteiger partial charge in [0.2, 0.25) is 0 Å². The van der Waals surface area contributed by atoms with Crippen LogP contribution in [0.25, 0.3) is 0 Å². The van der Waals surface area contributed by atoms with Gasteiger partial charge in [0, 0.05) is 23.2 Å². The van der Waals surface area contributed by atoms with E-state index in [0.29, 0.717) is 6.04 Å². The van der Waals surface area contributed by atoms with Crippen molar-refractivity contribution < 1.29 is 0 Å². The van der Waals surface area contributed by atoms with Crippen molar-refractivity contribution in [3.8, 4) is 11.8 Å². The van der Waals surface area contributed by atoms with E-state index < -0.39 is 0 Å². The average molecular weight is 273 g/mol.